The monoisotopic (exact) mass is 688 g/mol. The lowest BCUT2D eigenvalue weighted by molar-refractivity contribution is -0.695. The minimum atomic E-state index is -1.27. The minimum Gasteiger partial charge on any atom is -0.477 e. The van der Waals surface area contributed by atoms with Gasteiger partial charge in [0.1, 0.15) is 40.5 Å². The zero-order valence-corrected chi connectivity index (χ0v) is 26.9. The molecule has 0 spiro atoms. The number of β-lactam (4-membered cyclic amide) rings is 1. The third kappa shape index (κ3) is 6.01. The van der Waals surface area contributed by atoms with Gasteiger partial charge in [-0.05, 0) is 24.5 Å². The van der Waals surface area contributed by atoms with Crippen LogP contribution in [0.2, 0.25) is 0 Å². The number of rotatable bonds is 11. The largest absolute Gasteiger partial charge is 0.477 e. The van der Waals surface area contributed by atoms with Crippen molar-refractivity contribution in [1.29, 1.82) is 0 Å². The highest BCUT2D eigenvalue weighted by Gasteiger charge is 2.54. The van der Waals surface area contributed by atoms with Crippen LogP contribution >= 0.6 is 46.2 Å². The normalized spacial score (nSPS) is 19.2. The van der Waals surface area contributed by atoms with Gasteiger partial charge in [0.15, 0.2) is 33.6 Å². The number of carbonyl (C=O) groups excluding carboxylic acids is 2. The van der Waals surface area contributed by atoms with Gasteiger partial charge < -0.3 is 26.1 Å². The van der Waals surface area contributed by atoms with Gasteiger partial charge in [0.25, 0.3) is 11.8 Å². The van der Waals surface area contributed by atoms with Crippen molar-refractivity contribution in [2.75, 3.05) is 24.3 Å². The van der Waals surface area contributed by atoms with Crippen LogP contribution in [0.15, 0.2) is 44.5 Å². The fourth-order valence-electron chi connectivity index (χ4n) is 5.43. The van der Waals surface area contributed by atoms with Gasteiger partial charge in [-0.15, -0.1) is 34.4 Å². The number of aryl methyl sites for hydroxylation is 1. The van der Waals surface area contributed by atoms with Crippen molar-refractivity contribution in [2.24, 2.45) is 5.16 Å². The van der Waals surface area contributed by atoms with E-state index in [4.69, 9.17) is 10.6 Å². The number of aromatic nitrogens is 3. The Labute approximate surface area is 272 Å². The highest BCUT2D eigenvalue weighted by Crippen LogP contribution is 2.42. The fourth-order valence-corrected chi connectivity index (χ4v) is 9.47. The number of anilines is 1. The van der Waals surface area contributed by atoms with E-state index in [1.807, 2.05) is 16.8 Å². The Morgan fingerprint density at radius 2 is 2.09 bits per heavy atom. The van der Waals surface area contributed by atoms with Crippen molar-refractivity contribution in [1.82, 2.24) is 20.2 Å². The molecule has 5 heterocycles. The smallest absolute Gasteiger partial charge is 0.352 e. The highest BCUT2D eigenvalue weighted by molar-refractivity contribution is 8.01. The Morgan fingerprint density at radius 3 is 2.80 bits per heavy atom. The van der Waals surface area contributed by atoms with E-state index >= 15 is 0 Å². The number of pyridine rings is 1. The number of fused-ring (bicyclic) bond motifs is 2. The zero-order chi connectivity index (χ0) is 31.8. The summed E-state index contributed by atoms with van der Waals surface area (Å²) in [7, 11) is 1.27. The van der Waals surface area contributed by atoms with Crippen molar-refractivity contribution >= 4 is 80.8 Å². The summed E-state index contributed by atoms with van der Waals surface area (Å²) in [6.45, 7) is 0.324. The molecule has 1 fully saturated rings. The summed E-state index contributed by atoms with van der Waals surface area (Å²) < 4.78 is 2.54. The molecule has 45 heavy (non-hydrogen) atoms. The number of carboxylic acid groups (broad SMARTS) is 2. The van der Waals surface area contributed by atoms with Crippen LogP contribution < -0.4 is 15.6 Å². The van der Waals surface area contributed by atoms with Gasteiger partial charge in [0.2, 0.25) is 0 Å². The lowest BCUT2D eigenvalue weighted by Crippen LogP contribution is -2.71. The van der Waals surface area contributed by atoms with Crippen molar-refractivity contribution in [3.05, 3.63) is 62.5 Å². The Bertz CT molecular complexity index is 1790. The quantitative estimate of drug-likeness (QED) is 0.0747. The maximum Gasteiger partial charge on any atom is 0.352 e. The molecule has 0 radical (unpaired) electrons. The summed E-state index contributed by atoms with van der Waals surface area (Å²) in [5, 5.41) is 27.4. The standard InChI is InChI=1S/C27H25N7O7S4/c1-41-32-17(15-11-43-26(28)29-15)21(35)31-18-22(36)34-19(24(37)38)13(9-42-23(18)34)10-44-27-30-14(20(45-27)25(39)40)8-33-7-3-5-12-4-2-6-16(12)33/h3,5,7,11,18,23H,2,4,6,8-10H2,1H3,(H4-,28,29,31,35,37,38,39,40)/p+1/b32-17-/t18-,23?/m1/s1. The molecule has 0 saturated carbocycles. The molecule has 18 heteroatoms. The van der Waals surface area contributed by atoms with Gasteiger partial charge in [-0.3, -0.25) is 14.5 Å². The van der Waals surface area contributed by atoms with Gasteiger partial charge in [0, 0.05) is 34.9 Å². The number of oxime groups is 1. The summed E-state index contributed by atoms with van der Waals surface area (Å²) in [6.07, 6.45) is 4.91. The Kier molecular flexibility index (Phi) is 8.80. The highest BCUT2D eigenvalue weighted by atomic mass is 32.2. The number of carboxylic acids is 2. The van der Waals surface area contributed by atoms with E-state index in [9.17, 15) is 29.4 Å². The number of thioether (sulfide) groups is 2. The minimum absolute atomic E-state index is 0.138. The van der Waals surface area contributed by atoms with E-state index in [1.54, 1.807) is 0 Å². The van der Waals surface area contributed by atoms with Crippen LogP contribution in [-0.2, 0) is 38.6 Å². The SMILES string of the molecule is CO/N=C(\C(=O)N[C@@H]1C(=O)N2C(C(=O)O)=C(CSc3nc(C[n+]4cccc5c4CCC5)c(C(=O)O)s3)CSC12)c1csc(N)n1. The molecule has 0 bridgehead atoms. The van der Waals surface area contributed by atoms with Gasteiger partial charge in [-0.25, -0.2) is 19.6 Å². The topological polar surface area (TPSA) is 201 Å². The summed E-state index contributed by atoms with van der Waals surface area (Å²) in [4.78, 5) is 65.3. The Balaban J connectivity index is 1.16. The first-order valence-electron chi connectivity index (χ1n) is 13.6. The predicted molar refractivity (Wildman–Crippen MR) is 167 cm³/mol. The van der Waals surface area contributed by atoms with E-state index in [2.05, 4.69) is 26.5 Å². The number of aliphatic carboxylic acids is 1. The van der Waals surface area contributed by atoms with E-state index in [0.717, 1.165) is 41.9 Å². The number of nitrogens with two attached hydrogens (primary N) is 1. The molecule has 1 unspecified atom stereocenters. The van der Waals surface area contributed by atoms with Crippen LogP contribution in [0, 0.1) is 0 Å². The first-order chi connectivity index (χ1) is 21.7. The summed E-state index contributed by atoms with van der Waals surface area (Å²) >= 11 is 4.71. The lowest BCUT2D eigenvalue weighted by Gasteiger charge is -2.49. The van der Waals surface area contributed by atoms with Gasteiger partial charge in [0.05, 0.1) is 0 Å². The molecule has 2 aliphatic heterocycles. The Morgan fingerprint density at radius 1 is 1.27 bits per heavy atom. The molecule has 1 aliphatic carbocycles. The van der Waals surface area contributed by atoms with Crippen molar-refractivity contribution in [3.8, 4) is 0 Å². The maximum atomic E-state index is 13.2. The average Bonchev–Trinajstić information content (AvgIpc) is 3.77. The third-order valence-corrected chi connectivity index (χ3v) is 11.7. The molecule has 6 rings (SSSR count). The molecule has 3 aromatic heterocycles. The lowest BCUT2D eigenvalue weighted by atomic mass is 10.0. The van der Waals surface area contributed by atoms with Crippen LogP contribution in [0.4, 0.5) is 5.13 Å². The number of thiazole rings is 2. The molecule has 234 valence electrons. The second kappa shape index (κ2) is 12.8. The van der Waals surface area contributed by atoms with E-state index < -0.39 is 35.2 Å². The number of amides is 2. The van der Waals surface area contributed by atoms with Crippen LogP contribution in [0.3, 0.4) is 0 Å². The molecular formula is C27H26N7O7S4+. The molecule has 2 atom stereocenters. The van der Waals surface area contributed by atoms with Crippen LogP contribution in [0.1, 0.15) is 38.7 Å². The fraction of sp³-hybridized carbons (Fsp3) is 0.333. The molecule has 5 N–H and O–H groups in total. The molecule has 0 aromatic carbocycles. The molecular weight excluding hydrogens is 663 g/mol. The van der Waals surface area contributed by atoms with Gasteiger partial charge >= 0.3 is 11.9 Å². The number of aromatic carboxylic acids is 1. The summed E-state index contributed by atoms with van der Waals surface area (Å²) in [5.41, 5.74) is 8.93. The van der Waals surface area contributed by atoms with Crippen molar-refractivity contribution in [2.45, 2.75) is 41.6 Å². The molecule has 2 amide bonds. The number of nitrogens with one attached hydrogen (secondary N) is 1. The number of hydrogen-bond acceptors (Lipinski definition) is 13. The Hall–Kier alpha value is -4.00. The van der Waals surface area contributed by atoms with Gasteiger partial charge in [-0.2, -0.15) is 4.57 Å². The number of hydrogen-bond donors (Lipinski definition) is 4. The number of carbonyl (C=O) groups is 4. The van der Waals surface area contributed by atoms with Crippen LogP contribution in [0.25, 0.3) is 0 Å². The van der Waals surface area contributed by atoms with Crippen LogP contribution in [-0.4, -0.2) is 84.6 Å². The third-order valence-electron chi connectivity index (χ3n) is 7.40. The maximum absolute atomic E-state index is 13.2. The second-order valence-electron chi connectivity index (χ2n) is 10.1. The van der Waals surface area contributed by atoms with Gasteiger partial charge in [-0.1, -0.05) is 16.9 Å². The second-order valence-corrected chi connectivity index (χ2v) is 14.3. The van der Waals surface area contributed by atoms with E-state index in [1.165, 1.54) is 52.2 Å². The zero-order valence-electron chi connectivity index (χ0n) is 23.6. The predicted octanol–water partition coefficient (Wildman–Crippen LogP) is 1.59. The molecule has 3 aliphatic rings. The molecule has 3 aromatic rings. The van der Waals surface area contributed by atoms with E-state index in [0.29, 0.717) is 22.2 Å². The number of nitrogens with zero attached hydrogens (tertiary/aromatic N) is 5. The number of nitrogen functional groups attached to an aromatic ring is 1. The molecule has 1 saturated heterocycles. The van der Waals surface area contributed by atoms with Crippen molar-refractivity contribution < 1.29 is 38.8 Å². The van der Waals surface area contributed by atoms with Crippen LogP contribution in [0.5, 0.6) is 0 Å². The van der Waals surface area contributed by atoms with Crippen molar-refractivity contribution in [3.63, 3.8) is 0 Å². The first-order valence-corrected chi connectivity index (χ1v) is 17.3. The van der Waals surface area contributed by atoms with E-state index in [-0.39, 0.29) is 38.6 Å². The summed E-state index contributed by atoms with van der Waals surface area (Å²) in [6, 6.07) is 3.06. The molecule has 14 nitrogen and oxygen atoms in total. The average molecular weight is 689 g/mol. The first kappa shape index (κ1) is 31.0. The summed E-state index contributed by atoms with van der Waals surface area (Å²) in [5.74, 6) is -3.15.